The van der Waals surface area contributed by atoms with Gasteiger partial charge in [0.2, 0.25) is 5.91 Å². The fraction of sp³-hybridized carbons (Fsp3) is 0.300. The number of anilines is 1. The molecule has 1 aromatic heterocycles. The molecule has 1 aliphatic heterocycles. The van der Waals surface area contributed by atoms with E-state index in [1.54, 1.807) is 23.1 Å². The summed E-state index contributed by atoms with van der Waals surface area (Å²) in [4.78, 5) is 16.8. The third-order valence-electron chi connectivity index (χ3n) is 4.08. The zero-order valence-corrected chi connectivity index (χ0v) is 16.4. The molecule has 0 aliphatic carbocycles. The number of nitrogens with zero attached hydrogens (tertiary/aromatic N) is 1. The summed E-state index contributed by atoms with van der Waals surface area (Å²) in [6.07, 6.45) is 2.14. The third-order valence-corrected chi connectivity index (χ3v) is 6.34. The number of nitrogens with one attached hydrogen (secondary N) is 1. The van der Waals surface area contributed by atoms with Gasteiger partial charge in [-0.25, -0.2) is 4.98 Å². The average molecular weight is 401 g/mol. The summed E-state index contributed by atoms with van der Waals surface area (Å²) in [6, 6.07) is 13.7. The number of aromatic nitrogens is 1. The van der Waals surface area contributed by atoms with Crippen LogP contribution in [0.5, 0.6) is 11.5 Å². The SMILES string of the molecule is O=C(CCCSc1nc2ccccc2s1)Nc1ccc2c(c1)OCCCO2. The molecule has 2 aromatic carbocycles. The van der Waals surface area contributed by atoms with Crippen molar-refractivity contribution in [2.45, 2.75) is 23.6 Å². The van der Waals surface area contributed by atoms with E-state index >= 15 is 0 Å². The number of para-hydroxylation sites is 1. The van der Waals surface area contributed by atoms with Crippen molar-refractivity contribution in [1.82, 2.24) is 4.98 Å². The van der Waals surface area contributed by atoms with E-state index < -0.39 is 0 Å². The van der Waals surface area contributed by atoms with Gasteiger partial charge in [-0.3, -0.25) is 4.79 Å². The standard InChI is InChI=1S/C20H20N2O3S2/c23-19(21-14-8-9-16-17(13-14)25-11-4-10-24-16)7-3-12-26-20-22-15-5-1-2-6-18(15)27-20/h1-2,5-6,8-9,13H,3-4,7,10-12H2,(H,21,23). The minimum absolute atomic E-state index is 0.00869. The van der Waals surface area contributed by atoms with Crippen LogP contribution in [0.1, 0.15) is 19.3 Å². The normalized spacial score (nSPS) is 13.3. The Morgan fingerprint density at radius 3 is 2.89 bits per heavy atom. The summed E-state index contributed by atoms with van der Waals surface area (Å²) in [5, 5.41) is 2.94. The van der Waals surface area contributed by atoms with E-state index in [2.05, 4.69) is 16.4 Å². The van der Waals surface area contributed by atoms with Crippen molar-refractivity contribution < 1.29 is 14.3 Å². The highest BCUT2D eigenvalue weighted by molar-refractivity contribution is 8.01. The molecule has 0 radical (unpaired) electrons. The number of rotatable bonds is 6. The van der Waals surface area contributed by atoms with E-state index in [1.165, 1.54) is 4.70 Å². The molecule has 0 saturated carbocycles. The van der Waals surface area contributed by atoms with E-state index in [4.69, 9.17) is 9.47 Å². The molecule has 1 aliphatic rings. The van der Waals surface area contributed by atoms with Crippen LogP contribution in [0.3, 0.4) is 0 Å². The van der Waals surface area contributed by atoms with Crippen molar-refractivity contribution in [3.63, 3.8) is 0 Å². The van der Waals surface area contributed by atoms with Gasteiger partial charge in [0, 0.05) is 30.3 Å². The highest BCUT2D eigenvalue weighted by Crippen LogP contribution is 2.32. The predicted molar refractivity (Wildman–Crippen MR) is 110 cm³/mol. The number of thioether (sulfide) groups is 1. The molecule has 4 rings (SSSR count). The number of hydrogen-bond donors (Lipinski definition) is 1. The summed E-state index contributed by atoms with van der Waals surface area (Å²) in [7, 11) is 0. The van der Waals surface area contributed by atoms with Crippen LogP contribution < -0.4 is 14.8 Å². The number of amides is 1. The molecular weight excluding hydrogens is 380 g/mol. The lowest BCUT2D eigenvalue weighted by Gasteiger charge is -2.10. The van der Waals surface area contributed by atoms with E-state index in [0.29, 0.717) is 25.4 Å². The Kier molecular flexibility index (Phi) is 5.79. The zero-order chi connectivity index (χ0) is 18.5. The minimum Gasteiger partial charge on any atom is -0.490 e. The highest BCUT2D eigenvalue weighted by Gasteiger charge is 2.12. The number of ether oxygens (including phenoxy) is 2. The lowest BCUT2D eigenvalue weighted by molar-refractivity contribution is -0.116. The maximum absolute atomic E-state index is 12.2. The Hall–Kier alpha value is -2.25. The molecule has 0 spiro atoms. The molecule has 0 bridgehead atoms. The van der Waals surface area contributed by atoms with Crippen molar-refractivity contribution in [2.75, 3.05) is 24.3 Å². The maximum atomic E-state index is 12.2. The van der Waals surface area contributed by atoms with Gasteiger partial charge >= 0.3 is 0 Å². The van der Waals surface area contributed by atoms with E-state index in [1.807, 2.05) is 36.4 Å². The topological polar surface area (TPSA) is 60.5 Å². The first kappa shape index (κ1) is 18.1. The van der Waals surface area contributed by atoms with Crippen LogP contribution in [0, 0.1) is 0 Å². The summed E-state index contributed by atoms with van der Waals surface area (Å²) in [5.41, 5.74) is 1.78. The second-order valence-electron chi connectivity index (χ2n) is 6.16. The Labute approximate surface area is 166 Å². The molecule has 1 N–H and O–H groups in total. The Morgan fingerprint density at radius 1 is 1.15 bits per heavy atom. The van der Waals surface area contributed by atoms with Crippen LogP contribution in [-0.2, 0) is 4.79 Å². The van der Waals surface area contributed by atoms with Gasteiger partial charge in [0.25, 0.3) is 0 Å². The predicted octanol–water partition coefficient (Wildman–Crippen LogP) is 4.97. The van der Waals surface area contributed by atoms with Crippen LogP contribution in [0.4, 0.5) is 5.69 Å². The van der Waals surface area contributed by atoms with Crippen molar-refractivity contribution >= 4 is 44.9 Å². The van der Waals surface area contributed by atoms with Crippen molar-refractivity contribution in [3.05, 3.63) is 42.5 Å². The summed E-state index contributed by atoms with van der Waals surface area (Å²) in [5.74, 6) is 2.30. The molecule has 5 nitrogen and oxygen atoms in total. The number of carbonyl (C=O) groups excluding carboxylic acids is 1. The van der Waals surface area contributed by atoms with Gasteiger partial charge in [0.05, 0.1) is 23.4 Å². The van der Waals surface area contributed by atoms with E-state index in [9.17, 15) is 4.79 Å². The second kappa shape index (κ2) is 8.63. The maximum Gasteiger partial charge on any atom is 0.224 e. The van der Waals surface area contributed by atoms with E-state index in [-0.39, 0.29) is 5.91 Å². The molecule has 1 amide bonds. The van der Waals surface area contributed by atoms with Crippen LogP contribution in [0.2, 0.25) is 0 Å². The average Bonchev–Trinajstić information content (AvgIpc) is 2.95. The zero-order valence-electron chi connectivity index (χ0n) is 14.8. The summed E-state index contributed by atoms with van der Waals surface area (Å²) >= 11 is 3.41. The Morgan fingerprint density at radius 2 is 2.00 bits per heavy atom. The lowest BCUT2D eigenvalue weighted by atomic mass is 10.2. The number of carbonyl (C=O) groups is 1. The molecule has 0 fully saturated rings. The number of thiazole rings is 1. The van der Waals surface area contributed by atoms with E-state index in [0.717, 1.165) is 39.9 Å². The second-order valence-corrected chi connectivity index (χ2v) is 8.53. The molecule has 3 aromatic rings. The van der Waals surface area contributed by atoms with Crippen LogP contribution in [0.15, 0.2) is 46.8 Å². The number of benzene rings is 2. The quantitative estimate of drug-likeness (QED) is 0.468. The van der Waals surface area contributed by atoms with Crippen molar-refractivity contribution in [2.24, 2.45) is 0 Å². The monoisotopic (exact) mass is 400 g/mol. The molecule has 2 heterocycles. The lowest BCUT2D eigenvalue weighted by Crippen LogP contribution is -2.11. The molecule has 7 heteroatoms. The highest BCUT2D eigenvalue weighted by atomic mass is 32.2. The first-order valence-corrected chi connectivity index (χ1v) is 10.8. The molecule has 0 atom stereocenters. The Balaban J connectivity index is 1.24. The van der Waals surface area contributed by atoms with Crippen molar-refractivity contribution in [3.8, 4) is 11.5 Å². The van der Waals surface area contributed by atoms with Crippen LogP contribution >= 0.6 is 23.1 Å². The first-order chi connectivity index (χ1) is 13.3. The van der Waals surface area contributed by atoms with Gasteiger partial charge in [-0.2, -0.15) is 0 Å². The first-order valence-electron chi connectivity index (χ1n) is 8.96. The van der Waals surface area contributed by atoms with Crippen LogP contribution in [-0.4, -0.2) is 29.9 Å². The summed E-state index contributed by atoms with van der Waals surface area (Å²) < 4.78 is 13.5. The van der Waals surface area contributed by atoms with Gasteiger partial charge in [0.1, 0.15) is 0 Å². The fourth-order valence-electron chi connectivity index (χ4n) is 2.77. The van der Waals surface area contributed by atoms with Crippen molar-refractivity contribution in [1.29, 1.82) is 0 Å². The molecule has 140 valence electrons. The number of hydrogen-bond acceptors (Lipinski definition) is 6. The molecule has 27 heavy (non-hydrogen) atoms. The largest absolute Gasteiger partial charge is 0.490 e. The fourth-order valence-corrected chi connectivity index (χ4v) is 4.85. The van der Waals surface area contributed by atoms with Gasteiger partial charge < -0.3 is 14.8 Å². The van der Waals surface area contributed by atoms with Gasteiger partial charge in [0.15, 0.2) is 15.8 Å². The number of fused-ring (bicyclic) bond motifs is 2. The third kappa shape index (κ3) is 4.73. The van der Waals surface area contributed by atoms with Gasteiger partial charge in [-0.05, 0) is 30.7 Å². The Bertz CT molecular complexity index is 909. The smallest absolute Gasteiger partial charge is 0.224 e. The summed E-state index contributed by atoms with van der Waals surface area (Å²) in [6.45, 7) is 1.29. The molecule has 0 saturated heterocycles. The van der Waals surface area contributed by atoms with Gasteiger partial charge in [-0.1, -0.05) is 23.9 Å². The van der Waals surface area contributed by atoms with Crippen LogP contribution in [0.25, 0.3) is 10.2 Å². The minimum atomic E-state index is 0.00869. The molecule has 0 unspecified atom stereocenters. The van der Waals surface area contributed by atoms with Gasteiger partial charge in [-0.15, -0.1) is 11.3 Å². The molecular formula is C20H20N2O3S2.